The minimum Gasteiger partial charge on any atom is -0.272 e. The number of rotatable bonds is 7. The number of nitrogens with zero attached hydrogens (tertiary/aromatic N) is 3. The summed E-state index contributed by atoms with van der Waals surface area (Å²) in [7, 11) is -3.66. The Morgan fingerprint density at radius 2 is 1.68 bits per heavy atom. The molecule has 1 N–H and O–H groups in total. The van der Waals surface area contributed by atoms with Crippen LogP contribution in [0.25, 0.3) is 11.4 Å². The molecule has 164 valence electrons. The van der Waals surface area contributed by atoms with Crippen LogP contribution in [0.2, 0.25) is 0 Å². The van der Waals surface area contributed by atoms with Crippen molar-refractivity contribution < 1.29 is 8.42 Å². The zero-order valence-electron chi connectivity index (χ0n) is 18.1. The molecule has 8 heteroatoms. The third-order valence-corrected chi connectivity index (χ3v) is 6.94. The quantitative estimate of drug-likeness (QED) is 0.611. The van der Waals surface area contributed by atoms with Gasteiger partial charge in [0, 0.05) is 18.2 Å². The Morgan fingerprint density at radius 1 is 1.03 bits per heavy atom. The molecule has 31 heavy (non-hydrogen) atoms. The smallest absolute Gasteiger partial charge is 0.272 e. The van der Waals surface area contributed by atoms with Crippen molar-refractivity contribution in [3.63, 3.8) is 0 Å². The summed E-state index contributed by atoms with van der Waals surface area (Å²) in [5, 5.41) is 4.50. The van der Waals surface area contributed by atoms with E-state index in [1.165, 1.54) is 4.68 Å². The first-order valence-electron chi connectivity index (χ1n) is 10.5. The predicted octanol–water partition coefficient (Wildman–Crippen LogP) is 3.32. The van der Waals surface area contributed by atoms with Crippen molar-refractivity contribution in [2.75, 3.05) is 6.54 Å². The Hall–Kier alpha value is -2.71. The average Bonchev–Trinajstić information content (AvgIpc) is 3.52. The highest BCUT2D eigenvalue weighted by Gasteiger charge is 2.30. The van der Waals surface area contributed by atoms with Crippen LogP contribution < -0.4 is 10.4 Å². The summed E-state index contributed by atoms with van der Waals surface area (Å²) >= 11 is 0. The average molecular weight is 441 g/mol. The molecule has 0 bridgehead atoms. The second-order valence-electron chi connectivity index (χ2n) is 8.97. The Labute approximate surface area is 182 Å². The van der Waals surface area contributed by atoms with Crippen molar-refractivity contribution in [1.82, 2.24) is 19.1 Å². The minimum atomic E-state index is -3.66. The van der Waals surface area contributed by atoms with Gasteiger partial charge in [-0.3, -0.25) is 4.57 Å². The summed E-state index contributed by atoms with van der Waals surface area (Å²) in [5.41, 5.74) is 1.70. The van der Waals surface area contributed by atoms with E-state index in [-0.39, 0.29) is 35.1 Å². The van der Waals surface area contributed by atoms with Gasteiger partial charge in [0.05, 0.1) is 11.4 Å². The van der Waals surface area contributed by atoms with Gasteiger partial charge in [0.1, 0.15) is 0 Å². The lowest BCUT2D eigenvalue weighted by Crippen LogP contribution is -2.32. The maximum atomic E-state index is 12.9. The van der Waals surface area contributed by atoms with Crippen LogP contribution in [0, 0.1) is 0 Å². The van der Waals surface area contributed by atoms with Gasteiger partial charge in [-0.15, -0.1) is 5.10 Å². The first-order chi connectivity index (χ1) is 14.7. The monoisotopic (exact) mass is 440 g/mol. The van der Waals surface area contributed by atoms with E-state index in [9.17, 15) is 13.2 Å². The summed E-state index contributed by atoms with van der Waals surface area (Å²) in [5.74, 6) is 0.633. The number of nitrogens with one attached hydrogen (secondary N) is 1. The first kappa shape index (κ1) is 21.5. The van der Waals surface area contributed by atoms with E-state index >= 15 is 0 Å². The van der Waals surface area contributed by atoms with E-state index in [1.54, 1.807) is 16.7 Å². The highest BCUT2D eigenvalue weighted by molar-refractivity contribution is 7.89. The molecule has 4 rings (SSSR count). The predicted molar refractivity (Wildman–Crippen MR) is 121 cm³/mol. The van der Waals surface area contributed by atoms with Gasteiger partial charge in [0.15, 0.2) is 5.82 Å². The second-order valence-corrected chi connectivity index (χ2v) is 10.7. The molecule has 1 aromatic heterocycles. The van der Waals surface area contributed by atoms with Crippen molar-refractivity contribution in [2.45, 2.75) is 56.5 Å². The molecule has 0 aliphatic heterocycles. The first-order valence-corrected chi connectivity index (χ1v) is 12.0. The highest BCUT2D eigenvalue weighted by Crippen LogP contribution is 2.36. The van der Waals surface area contributed by atoms with Crippen LogP contribution in [0.4, 0.5) is 0 Å². The van der Waals surface area contributed by atoms with Crippen molar-refractivity contribution in [3.05, 3.63) is 70.6 Å². The maximum absolute atomic E-state index is 12.9. The molecule has 0 saturated heterocycles. The van der Waals surface area contributed by atoms with Crippen LogP contribution in [0.1, 0.15) is 45.2 Å². The number of hydrogen-bond donors (Lipinski definition) is 1. The normalized spacial score (nSPS) is 14.7. The van der Waals surface area contributed by atoms with Crippen LogP contribution in [-0.4, -0.2) is 29.3 Å². The Kier molecular flexibility index (Phi) is 5.61. The van der Waals surface area contributed by atoms with Crippen LogP contribution in [0.5, 0.6) is 0 Å². The number of aromatic nitrogens is 3. The van der Waals surface area contributed by atoms with E-state index in [1.807, 2.05) is 42.5 Å². The van der Waals surface area contributed by atoms with Crippen LogP contribution in [-0.2, 0) is 22.0 Å². The van der Waals surface area contributed by atoms with Gasteiger partial charge >= 0.3 is 5.69 Å². The SMILES string of the molecule is CC(C)(C)c1ccc(S(=O)(=O)NCCn2nc(-c3ccccc3)n(C3CC3)c2=O)cc1. The molecule has 0 unspecified atom stereocenters. The molecular weight excluding hydrogens is 412 g/mol. The maximum Gasteiger partial charge on any atom is 0.346 e. The van der Waals surface area contributed by atoms with Gasteiger partial charge in [-0.2, -0.15) is 0 Å². The molecule has 1 saturated carbocycles. The molecule has 0 spiro atoms. The number of benzene rings is 2. The molecule has 0 atom stereocenters. The summed E-state index contributed by atoms with van der Waals surface area (Å²) in [6.45, 7) is 6.49. The lowest BCUT2D eigenvalue weighted by molar-refractivity contribution is 0.546. The third kappa shape index (κ3) is 4.65. The van der Waals surface area contributed by atoms with Crippen molar-refractivity contribution in [3.8, 4) is 11.4 Å². The van der Waals surface area contributed by atoms with E-state index in [0.717, 1.165) is 24.0 Å². The van der Waals surface area contributed by atoms with Crippen molar-refractivity contribution >= 4 is 10.0 Å². The van der Waals surface area contributed by atoms with Crippen LogP contribution >= 0.6 is 0 Å². The van der Waals surface area contributed by atoms with E-state index in [0.29, 0.717) is 5.82 Å². The largest absolute Gasteiger partial charge is 0.346 e. The summed E-state index contributed by atoms with van der Waals surface area (Å²) in [6, 6.07) is 16.7. The molecule has 1 aliphatic rings. The lowest BCUT2D eigenvalue weighted by atomic mass is 9.87. The van der Waals surface area contributed by atoms with Gasteiger partial charge in [-0.1, -0.05) is 63.2 Å². The molecule has 1 heterocycles. The Bertz CT molecular complexity index is 1220. The molecule has 1 aliphatic carbocycles. The zero-order chi connectivity index (χ0) is 22.2. The molecule has 1 fully saturated rings. The Morgan fingerprint density at radius 3 is 2.26 bits per heavy atom. The molecule has 3 aromatic rings. The number of hydrogen-bond acceptors (Lipinski definition) is 4. The third-order valence-electron chi connectivity index (χ3n) is 5.46. The molecule has 0 amide bonds. The van der Waals surface area contributed by atoms with Crippen LogP contribution in [0.15, 0.2) is 64.3 Å². The fraction of sp³-hybridized carbons (Fsp3) is 0.391. The standard InChI is InChI=1S/C23H28N4O3S/c1-23(2,3)18-9-13-20(14-10-18)31(29,30)24-15-16-26-22(28)27(19-11-12-19)21(25-26)17-7-5-4-6-8-17/h4-10,13-14,19,24H,11-12,15-16H2,1-3H3. The van der Waals surface area contributed by atoms with E-state index < -0.39 is 10.0 Å². The van der Waals surface area contributed by atoms with Gasteiger partial charge in [-0.25, -0.2) is 22.6 Å². The fourth-order valence-electron chi connectivity index (χ4n) is 3.52. The van der Waals surface area contributed by atoms with E-state index in [2.05, 4.69) is 30.6 Å². The topological polar surface area (TPSA) is 86.0 Å². The second kappa shape index (κ2) is 8.09. The highest BCUT2D eigenvalue weighted by atomic mass is 32.2. The van der Waals surface area contributed by atoms with Crippen LogP contribution in [0.3, 0.4) is 0 Å². The molecule has 2 aromatic carbocycles. The van der Waals surface area contributed by atoms with Crippen molar-refractivity contribution in [2.24, 2.45) is 0 Å². The summed E-state index contributed by atoms with van der Waals surface area (Å²) in [4.78, 5) is 13.1. The van der Waals surface area contributed by atoms with Gasteiger partial charge < -0.3 is 0 Å². The fourth-order valence-corrected chi connectivity index (χ4v) is 4.54. The minimum absolute atomic E-state index is 0.0479. The van der Waals surface area contributed by atoms with Gasteiger partial charge in [-0.05, 0) is 36.0 Å². The van der Waals surface area contributed by atoms with Gasteiger partial charge in [0.2, 0.25) is 10.0 Å². The zero-order valence-corrected chi connectivity index (χ0v) is 18.9. The summed E-state index contributed by atoms with van der Waals surface area (Å²) in [6.07, 6.45) is 1.92. The lowest BCUT2D eigenvalue weighted by Gasteiger charge is -2.19. The van der Waals surface area contributed by atoms with E-state index in [4.69, 9.17) is 0 Å². The molecular formula is C23H28N4O3S. The van der Waals surface area contributed by atoms with Crippen molar-refractivity contribution in [1.29, 1.82) is 0 Å². The number of sulfonamides is 1. The molecule has 7 nitrogen and oxygen atoms in total. The van der Waals surface area contributed by atoms with Gasteiger partial charge in [0.25, 0.3) is 0 Å². The molecule has 0 radical (unpaired) electrons. The Balaban J connectivity index is 1.49. The summed E-state index contributed by atoms with van der Waals surface area (Å²) < 4.78 is 31.0.